The number of anilines is 1. The van der Waals surface area contributed by atoms with Crippen LogP contribution in [0.3, 0.4) is 0 Å². The van der Waals surface area contributed by atoms with Gasteiger partial charge in [-0.1, -0.05) is 6.92 Å². The standard InChI is InChI=1S/C15H22N2O4/c1-2-5-21-15-8-13(7-14(9-15)17(18)19)16-10-12-4-3-6-20-11-12/h7-9,12,16H,2-6,10-11H2,1H3. The Balaban J connectivity index is 2.02. The Kier molecular flexibility index (Phi) is 5.80. The Bertz CT molecular complexity index is 473. The highest BCUT2D eigenvalue weighted by Gasteiger charge is 2.15. The number of rotatable bonds is 7. The van der Waals surface area contributed by atoms with E-state index in [1.165, 1.54) is 6.07 Å². The quantitative estimate of drug-likeness (QED) is 0.617. The molecule has 6 heteroatoms. The van der Waals surface area contributed by atoms with E-state index >= 15 is 0 Å². The number of hydrogen-bond acceptors (Lipinski definition) is 5. The summed E-state index contributed by atoms with van der Waals surface area (Å²) in [5.74, 6) is 0.992. The number of nitro groups is 1. The molecule has 0 aliphatic carbocycles. The van der Waals surface area contributed by atoms with Gasteiger partial charge in [-0.05, 0) is 25.2 Å². The highest BCUT2D eigenvalue weighted by molar-refractivity contribution is 5.56. The van der Waals surface area contributed by atoms with Crippen LogP contribution in [-0.2, 0) is 4.74 Å². The Morgan fingerprint density at radius 1 is 1.48 bits per heavy atom. The number of non-ortho nitro benzene ring substituents is 1. The van der Waals surface area contributed by atoms with Crippen molar-refractivity contribution in [2.45, 2.75) is 26.2 Å². The summed E-state index contributed by atoms with van der Waals surface area (Å²) in [6, 6.07) is 4.82. The van der Waals surface area contributed by atoms with Crippen LogP contribution in [-0.4, -0.2) is 31.3 Å². The molecule has 0 saturated carbocycles. The van der Waals surface area contributed by atoms with Crippen molar-refractivity contribution in [2.24, 2.45) is 5.92 Å². The molecule has 21 heavy (non-hydrogen) atoms. The van der Waals surface area contributed by atoms with Gasteiger partial charge in [0, 0.05) is 31.0 Å². The molecule has 1 saturated heterocycles. The molecule has 116 valence electrons. The molecular formula is C15H22N2O4. The molecule has 1 atom stereocenters. The summed E-state index contributed by atoms with van der Waals surface area (Å²) in [6.07, 6.45) is 3.07. The minimum Gasteiger partial charge on any atom is -0.493 e. The van der Waals surface area contributed by atoms with E-state index in [0.29, 0.717) is 18.3 Å². The first-order chi connectivity index (χ1) is 10.2. The largest absolute Gasteiger partial charge is 0.493 e. The average molecular weight is 294 g/mol. The molecular weight excluding hydrogens is 272 g/mol. The predicted octanol–water partition coefficient (Wildman–Crippen LogP) is 3.22. The van der Waals surface area contributed by atoms with Gasteiger partial charge >= 0.3 is 0 Å². The summed E-state index contributed by atoms with van der Waals surface area (Å²) < 4.78 is 10.9. The van der Waals surface area contributed by atoms with Crippen LogP contribution >= 0.6 is 0 Å². The molecule has 0 spiro atoms. The van der Waals surface area contributed by atoms with E-state index in [4.69, 9.17) is 9.47 Å². The molecule has 6 nitrogen and oxygen atoms in total. The van der Waals surface area contributed by atoms with Crippen molar-refractivity contribution in [3.05, 3.63) is 28.3 Å². The van der Waals surface area contributed by atoms with Gasteiger partial charge in [0.25, 0.3) is 5.69 Å². The molecule has 1 aromatic carbocycles. The lowest BCUT2D eigenvalue weighted by molar-refractivity contribution is -0.384. The zero-order chi connectivity index (χ0) is 15.1. The summed E-state index contributed by atoms with van der Waals surface area (Å²) >= 11 is 0. The van der Waals surface area contributed by atoms with Gasteiger partial charge < -0.3 is 14.8 Å². The van der Waals surface area contributed by atoms with E-state index in [2.05, 4.69) is 5.32 Å². The third-order valence-corrected chi connectivity index (χ3v) is 3.42. The van der Waals surface area contributed by atoms with Crippen molar-refractivity contribution < 1.29 is 14.4 Å². The number of nitrogens with one attached hydrogen (secondary N) is 1. The fourth-order valence-electron chi connectivity index (χ4n) is 2.32. The second-order valence-corrected chi connectivity index (χ2v) is 5.29. The average Bonchev–Trinajstić information content (AvgIpc) is 2.51. The van der Waals surface area contributed by atoms with E-state index in [9.17, 15) is 10.1 Å². The van der Waals surface area contributed by atoms with Crippen LogP contribution in [0.1, 0.15) is 26.2 Å². The van der Waals surface area contributed by atoms with E-state index < -0.39 is 4.92 Å². The third kappa shape index (κ3) is 4.90. The normalized spacial score (nSPS) is 18.2. The minimum atomic E-state index is -0.395. The molecule has 1 aliphatic rings. The van der Waals surface area contributed by atoms with Gasteiger partial charge in [-0.15, -0.1) is 0 Å². The number of hydrogen-bond donors (Lipinski definition) is 1. The summed E-state index contributed by atoms with van der Waals surface area (Å²) in [5, 5.41) is 14.2. The minimum absolute atomic E-state index is 0.0472. The number of nitro benzene ring substituents is 1. The topological polar surface area (TPSA) is 73.6 Å². The Hall–Kier alpha value is -1.82. The molecule has 1 heterocycles. The van der Waals surface area contributed by atoms with Crippen molar-refractivity contribution in [3.8, 4) is 5.75 Å². The first kappa shape index (κ1) is 15.6. The molecule has 1 unspecified atom stereocenters. The molecule has 0 amide bonds. The molecule has 0 radical (unpaired) electrons. The fourth-order valence-corrected chi connectivity index (χ4v) is 2.32. The van der Waals surface area contributed by atoms with E-state index in [1.807, 2.05) is 13.0 Å². The number of nitrogens with zero attached hydrogens (tertiary/aromatic N) is 1. The predicted molar refractivity (Wildman–Crippen MR) is 80.9 cm³/mol. The summed E-state index contributed by atoms with van der Waals surface area (Å²) in [5.41, 5.74) is 0.770. The molecule has 0 aromatic heterocycles. The lowest BCUT2D eigenvalue weighted by atomic mass is 10.0. The highest BCUT2D eigenvalue weighted by Crippen LogP contribution is 2.26. The lowest BCUT2D eigenvalue weighted by Crippen LogP contribution is -2.24. The zero-order valence-corrected chi connectivity index (χ0v) is 12.3. The molecule has 1 aromatic rings. The van der Waals surface area contributed by atoms with Crippen molar-refractivity contribution in [2.75, 3.05) is 31.7 Å². The maximum atomic E-state index is 11.0. The summed E-state index contributed by atoms with van der Waals surface area (Å²) in [4.78, 5) is 10.6. The second kappa shape index (κ2) is 7.83. The first-order valence-electron chi connectivity index (χ1n) is 7.43. The van der Waals surface area contributed by atoms with Crippen LogP contribution in [0.5, 0.6) is 5.75 Å². The van der Waals surface area contributed by atoms with Gasteiger partial charge in [-0.3, -0.25) is 10.1 Å². The van der Waals surface area contributed by atoms with Crippen molar-refractivity contribution in [3.63, 3.8) is 0 Å². The molecule has 0 bridgehead atoms. The van der Waals surface area contributed by atoms with Crippen molar-refractivity contribution >= 4 is 11.4 Å². The molecule has 1 fully saturated rings. The smallest absolute Gasteiger partial charge is 0.275 e. The highest BCUT2D eigenvalue weighted by atomic mass is 16.6. The fraction of sp³-hybridized carbons (Fsp3) is 0.600. The number of ether oxygens (including phenoxy) is 2. The zero-order valence-electron chi connectivity index (χ0n) is 12.3. The molecule has 1 aliphatic heterocycles. The summed E-state index contributed by atoms with van der Waals surface area (Å²) in [6.45, 7) is 4.90. The van der Waals surface area contributed by atoms with Crippen LogP contribution in [0.2, 0.25) is 0 Å². The van der Waals surface area contributed by atoms with Gasteiger partial charge in [0.2, 0.25) is 0 Å². The second-order valence-electron chi connectivity index (χ2n) is 5.29. The monoisotopic (exact) mass is 294 g/mol. The van der Waals surface area contributed by atoms with Gasteiger partial charge in [-0.2, -0.15) is 0 Å². The van der Waals surface area contributed by atoms with Gasteiger partial charge in [0.05, 0.1) is 24.2 Å². The van der Waals surface area contributed by atoms with Gasteiger partial charge in [0.15, 0.2) is 0 Å². The van der Waals surface area contributed by atoms with Gasteiger partial charge in [-0.25, -0.2) is 0 Å². The van der Waals surface area contributed by atoms with Gasteiger partial charge in [0.1, 0.15) is 5.75 Å². The van der Waals surface area contributed by atoms with Crippen LogP contribution in [0.25, 0.3) is 0 Å². The van der Waals surface area contributed by atoms with Crippen molar-refractivity contribution in [1.29, 1.82) is 0 Å². The Morgan fingerprint density at radius 3 is 3.00 bits per heavy atom. The SMILES string of the molecule is CCCOc1cc(NCC2CCCOC2)cc([N+](=O)[O-])c1. The van der Waals surface area contributed by atoms with Crippen molar-refractivity contribution in [1.82, 2.24) is 0 Å². The van der Waals surface area contributed by atoms with Crippen LogP contribution in [0.4, 0.5) is 11.4 Å². The Labute approximate surface area is 124 Å². The van der Waals surface area contributed by atoms with E-state index in [1.54, 1.807) is 6.07 Å². The van der Waals surface area contributed by atoms with Crippen LogP contribution < -0.4 is 10.1 Å². The van der Waals surface area contributed by atoms with Crippen LogP contribution in [0, 0.1) is 16.0 Å². The summed E-state index contributed by atoms with van der Waals surface area (Å²) in [7, 11) is 0. The van der Waals surface area contributed by atoms with E-state index in [0.717, 1.165) is 44.7 Å². The molecule has 2 rings (SSSR count). The Morgan fingerprint density at radius 2 is 2.33 bits per heavy atom. The number of benzene rings is 1. The van der Waals surface area contributed by atoms with E-state index in [-0.39, 0.29) is 5.69 Å². The first-order valence-corrected chi connectivity index (χ1v) is 7.43. The maximum absolute atomic E-state index is 11.0. The molecule has 1 N–H and O–H groups in total. The van der Waals surface area contributed by atoms with Crippen LogP contribution in [0.15, 0.2) is 18.2 Å². The third-order valence-electron chi connectivity index (χ3n) is 3.42. The maximum Gasteiger partial charge on any atom is 0.275 e. The lowest BCUT2D eigenvalue weighted by Gasteiger charge is -2.22.